The number of thioether (sulfide) groups is 1. The van der Waals surface area contributed by atoms with E-state index in [1.54, 1.807) is 36.3 Å². The zero-order chi connectivity index (χ0) is 26.1. The molecule has 9 heteroatoms. The molecule has 188 valence electrons. The number of furan rings is 1. The van der Waals surface area contributed by atoms with E-state index in [9.17, 15) is 9.59 Å². The third-order valence-electron chi connectivity index (χ3n) is 5.96. The lowest BCUT2D eigenvalue weighted by Crippen LogP contribution is -2.39. The van der Waals surface area contributed by atoms with Gasteiger partial charge >= 0.3 is 5.97 Å². The molecule has 0 saturated heterocycles. The first-order chi connectivity index (χ1) is 17.9. The van der Waals surface area contributed by atoms with Gasteiger partial charge in [0.25, 0.3) is 5.56 Å². The molecule has 0 spiro atoms. The molecule has 0 radical (unpaired) electrons. The molecule has 0 saturated carbocycles. The first-order valence-corrected chi connectivity index (χ1v) is 14.4. The molecule has 0 N–H and O–H groups in total. The minimum Gasteiger partial charge on any atom is -0.463 e. The van der Waals surface area contributed by atoms with Gasteiger partial charge in [0, 0.05) is 21.0 Å². The Balaban J connectivity index is 1.63. The maximum absolute atomic E-state index is 13.7. The van der Waals surface area contributed by atoms with Gasteiger partial charge in [0.05, 0.1) is 28.5 Å². The van der Waals surface area contributed by atoms with Crippen LogP contribution in [0.5, 0.6) is 0 Å². The summed E-state index contributed by atoms with van der Waals surface area (Å²) in [5.41, 5.74) is 2.42. The van der Waals surface area contributed by atoms with Gasteiger partial charge in [0.2, 0.25) is 0 Å². The molecular formula is C28H23BrN2O4S2. The highest BCUT2D eigenvalue weighted by Gasteiger charge is 2.33. The van der Waals surface area contributed by atoms with Crippen molar-refractivity contribution in [3.8, 4) is 11.3 Å². The number of esters is 1. The number of carbonyl (C=O) groups excluding carboxylic acids is 1. The van der Waals surface area contributed by atoms with E-state index in [0.717, 1.165) is 20.5 Å². The number of hydrogen-bond acceptors (Lipinski definition) is 7. The van der Waals surface area contributed by atoms with E-state index in [1.165, 1.54) is 11.3 Å². The second-order valence-corrected chi connectivity index (χ2v) is 11.1. The Kier molecular flexibility index (Phi) is 7.37. The summed E-state index contributed by atoms with van der Waals surface area (Å²) in [6.45, 7) is 3.78. The molecule has 1 unspecified atom stereocenters. The van der Waals surface area contributed by atoms with Crippen molar-refractivity contribution in [2.24, 2.45) is 4.99 Å². The summed E-state index contributed by atoms with van der Waals surface area (Å²) < 4.78 is 14.4. The van der Waals surface area contributed by atoms with Gasteiger partial charge < -0.3 is 9.15 Å². The predicted molar refractivity (Wildman–Crippen MR) is 150 cm³/mol. The molecule has 2 aromatic heterocycles. The van der Waals surface area contributed by atoms with Gasteiger partial charge in [0.1, 0.15) is 11.5 Å². The molecule has 1 atom stereocenters. The number of carbonyl (C=O) groups is 1. The molecule has 0 bridgehead atoms. The SMILES string of the molecule is CCOC(=O)C1=C(C)N=c2s/c(=C\c3ccc(-c4cccc(Br)c4)o3)c(=O)n2C1c1ccc(SC)cc1. The lowest BCUT2D eigenvalue weighted by Gasteiger charge is -2.24. The van der Waals surface area contributed by atoms with Crippen molar-refractivity contribution in [3.05, 3.63) is 107 Å². The van der Waals surface area contributed by atoms with E-state index in [0.29, 0.717) is 32.1 Å². The molecule has 37 heavy (non-hydrogen) atoms. The Morgan fingerprint density at radius 2 is 2.00 bits per heavy atom. The summed E-state index contributed by atoms with van der Waals surface area (Å²) in [5, 5.41) is 0. The maximum atomic E-state index is 13.7. The van der Waals surface area contributed by atoms with Crippen molar-refractivity contribution >= 4 is 51.1 Å². The number of aromatic nitrogens is 1. The Bertz CT molecular complexity index is 1700. The van der Waals surface area contributed by atoms with Gasteiger partial charge in [-0.2, -0.15) is 0 Å². The van der Waals surface area contributed by atoms with Gasteiger partial charge in [-0.1, -0.05) is 51.5 Å². The van der Waals surface area contributed by atoms with Crippen molar-refractivity contribution in [3.63, 3.8) is 0 Å². The summed E-state index contributed by atoms with van der Waals surface area (Å²) in [6.07, 6.45) is 3.73. The normalized spacial score (nSPS) is 15.5. The van der Waals surface area contributed by atoms with E-state index in [2.05, 4.69) is 20.9 Å². The van der Waals surface area contributed by atoms with Crippen LogP contribution in [0.25, 0.3) is 17.4 Å². The van der Waals surface area contributed by atoms with E-state index >= 15 is 0 Å². The topological polar surface area (TPSA) is 73.8 Å². The molecule has 2 aromatic carbocycles. The van der Waals surface area contributed by atoms with Crippen LogP contribution in [0, 0.1) is 0 Å². The van der Waals surface area contributed by atoms with Crippen LogP contribution in [-0.4, -0.2) is 23.4 Å². The molecule has 6 nitrogen and oxygen atoms in total. The van der Waals surface area contributed by atoms with Crippen molar-refractivity contribution in [1.29, 1.82) is 0 Å². The number of halogens is 1. The van der Waals surface area contributed by atoms with Gasteiger partial charge in [-0.15, -0.1) is 11.8 Å². The maximum Gasteiger partial charge on any atom is 0.338 e. The monoisotopic (exact) mass is 594 g/mol. The van der Waals surface area contributed by atoms with Crippen molar-refractivity contribution in [2.75, 3.05) is 12.9 Å². The third-order valence-corrected chi connectivity index (χ3v) is 8.18. The Morgan fingerprint density at radius 3 is 2.70 bits per heavy atom. The van der Waals surface area contributed by atoms with E-state index in [-0.39, 0.29) is 12.2 Å². The van der Waals surface area contributed by atoms with Crippen LogP contribution in [0.3, 0.4) is 0 Å². The molecule has 0 fully saturated rings. The molecule has 0 aliphatic carbocycles. The fraction of sp³-hybridized carbons (Fsp3) is 0.179. The lowest BCUT2D eigenvalue weighted by atomic mass is 9.96. The zero-order valence-electron chi connectivity index (χ0n) is 20.4. The summed E-state index contributed by atoms with van der Waals surface area (Å²) in [4.78, 5) is 33.0. The standard InChI is InChI=1S/C28H23BrN2O4S2/c1-4-34-27(33)24-16(2)30-28-31(25(24)17-8-11-21(36-3)12-9-17)26(32)23(37-28)15-20-10-13-22(35-20)18-6-5-7-19(29)14-18/h5-15,25H,4H2,1-3H3/b23-15-. The Morgan fingerprint density at radius 1 is 1.22 bits per heavy atom. The summed E-state index contributed by atoms with van der Waals surface area (Å²) >= 11 is 6.38. The molecular weight excluding hydrogens is 572 g/mol. The number of allylic oxidation sites excluding steroid dienone is 1. The highest BCUT2D eigenvalue weighted by molar-refractivity contribution is 9.10. The third kappa shape index (κ3) is 5.03. The van der Waals surface area contributed by atoms with Crippen LogP contribution < -0.4 is 14.9 Å². The molecule has 5 rings (SSSR count). The summed E-state index contributed by atoms with van der Waals surface area (Å²) in [6, 6.07) is 18.8. The number of fused-ring (bicyclic) bond motifs is 1. The number of thiazole rings is 1. The highest BCUT2D eigenvalue weighted by atomic mass is 79.9. The van der Waals surface area contributed by atoms with Crippen molar-refractivity contribution < 1.29 is 13.9 Å². The second-order valence-electron chi connectivity index (χ2n) is 8.29. The van der Waals surface area contributed by atoms with Crippen LogP contribution in [0.2, 0.25) is 0 Å². The predicted octanol–water partition coefficient (Wildman–Crippen LogP) is 5.54. The largest absolute Gasteiger partial charge is 0.463 e. The fourth-order valence-electron chi connectivity index (χ4n) is 4.25. The first-order valence-electron chi connectivity index (χ1n) is 11.6. The van der Waals surface area contributed by atoms with Crippen LogP contribution in [0.4, 0.5) is 0 Å². The molecule has 0 amide bonds. The minimum absolute atomic E-state index is 0.233. The molecule has 3 heterocycles. The van der Waals surface area contributed by atoms with E-state index in [1.807, 2.05) is 66.9 Å². The summed E-state index contributed by atoms with van der Waals surface area (Å²) in [7, 11) is 0. The molecule has 1 aliphatic heterocycles. The van der Waals surface area contributed by atoms with E-state index < -0.39 is 12.0 Å². The average molecular weight is 596 g/mol. The van der Waals surface area contributed by atoms with Crippen LogP contribution >= 0.6 is 39.0 Å². The van der Waals surface area contributed by atoms with Gasteiger partial charge in [-0.25, -0.2) is 9.79 Å². The smallest absolute Gasteiger partial charge is 0.338 e. The highest BCUT2D eigenvalue weighted by Crippen LogP contribution is 2.32. The van der Waals surface area contributed by atoms with E-state index in [4.69, 9.17) is 9.15 Å². The number of ether oxygens (including phenoxy) is 1. The van der Waals surface area contributed by atoms with Gasteiger partial charge in [-0.3, -0.25) is 9.36 Å². The first kappa shape index (κ1) is 25.5. The second kappa shape index (κ2) is 10.7. The zero-order valence-corrected chi connectivity index (χ0v) is 23.6. The van der Waals surface area contributed by atoms with Crippen molar-refractivity contribution in [1.82, 2.24) is 4.57 Å². The number of benzene rings is 2. The Labute approximate surface area is 230 Å². The van der Waals surface area contributed by atoms with Crippen LogP contribution in [0.1, 0.15) is 31.2 Å². The van der Waals surface area contributed by atoms with Gasteiger partial charge in [0.15, 0.2) is 4.80 Å². The fourth-order valence-corrected chi connectivity index (χ4v) is 6.08. The van der Waals surface area contributed by atoms with Crippen molar-refractivity contribution in [2.45, 2.75) is 24.8 Å². The summed E-state index contributed by atoms with van der Waals surface area (Å²) in [5.74, 6) is 0.789. The molecule has 4 aromatic rings. The van der Waals surface area contributed by atoms with Crippen LogP contribution in [0.15, 0.2) is 95.5 Å². The minimum atomic E-state index is -0.637. The number of hydrogen-bond donors (Lipinski definition) is 0. The number of rotatable bonds is 6. The number of nitrogens with zero attached hydrogens (tertiary/aromatic N) is 2. The lowest BCUT2D eigenvalue weighted by molar-refractivity contribution is -0.139. The van der Waals surface area contributed by atoms with Crippen LogP contribution in [-0.2, 0) is 9.53 Å². The molecule has 1 aliphatic rings. The van der Waals surface area contributed by atoms with Gasteiger partial charge in [-0.05, 0) is 62.1 Å². The Hall–Kier alpha value is -3.14. The quantitative estimate of drug-likeness (QED) is 0.216. The average Bonchev–Trinajstić information content (AvgIpc) is 3.48.